The molecule has 0 atom stereocenters. The van der Waals surface area contributed by atoms with Crippen molar-refractivity contribution in [3.8, 4) is 11.5 Å². The zero-order chi connectivity index (χ0) is 28.9. The lowest BCUT2D eigenvalue weighted by molar-refractivity contribution is -0.385. The molecule has 4 rings (SSSR count). The second kappa shape index (κ2) is 17.0. The summed E-state index contributed by atoms with van der Waals surface area (Å²) >= 11 is 14.4. The zero-order valence-corrected chi connectivity index (χ0v) is 22.9. The van der Waals surface area contributed by atoms with Crippen LogP contribution in [0.2, 0.25) is 10.0 Å². The van der Waals surface area contributed by atoms with Gasteiger partial charge < -0.3 is 9.84 Å². The van der Waals surface area contributed by atoms with Gasteiger partial charge in [-0.15, -0.1) is 0 Å². The number of non-ortho nitro benzene ring substituents is 2. The highest BCUT2D eigenvalue weighted by molar-refractivity contribution is 9.08. The molecule has 0 spiro atoms. The Morgan fingerprint density at radius 1 is 0.775 bits per heavy atom. The van der Waals surface area contributed by atoms with Crippen molar-refractivity contribution >= 4 is 50.5 Å². The van der Waals surface area contributed by atoms with Crippen molar-refractivity contribution in [3.05, 3.63) is 138 Å². The molecular formula is C27H23BrCl2F2N2O6. The molecule has 0 unspecified atom stereocenters. The molecule has 4 aromatic rings. The van der Waals surface area contributed by atoms with Crippen LogP contribution in [0.4, 0.5) is 20.2 Å². The van der Waals surface area contributed by atoms with Crippen LogP contribution in [0.1, 0.15) is 18.6 Å². The van der Waals surface area contributed by atoms with Gasteiger partial charge in [0, 0.05) is 35.2 Å². The van der Waals surface area contributed by atoms with Crippen LogP contribution in [-0.2, 0) is 11.9 Å². The van der Waals surface area contributed by atoms with Crippen molar-refractivity contribution in [2.24, 2.45) is 0 Å². The van der Waals surface area contributed by atoms with Crippen LogP contribution in [0, 0.1) is 31.9 Å². The third-order valence-electron chi connectivity index (χ3n) is 4.71. The van der Waals surface area contributed by atoms with E-state index in [9.17, 15) is 29.0 Å². The molecule has 8 nitrogen and oxygen atoms in total. The topological polar surface area (TPSA) is 116 Å². The maximum Gasteiger partial charge on any atom is 0.271 e. The molecule has 40 heavy (non-hydrogen) atoms. The minimum Gasteiger partial charge on any atom is -0.506 e. The summed E-state index contributed by atoms with van der Waals surface area (Å²) in [6.45, 7) is 0.00417. The number of halogens is 5. The number of hydrogen-bond donors (Lipinski definition) is 1. The fraction of sp³-hybridized carbons (Fsp3) is 0.111. The van der Waals surface area contributed by atoms with E-state index in [0.717, 1.165) is 6.07 Å². The van der Waals surface area contributed by atoms with Crippen molar-refractivity contribution < 1.29 is 28.5 Å². The van der Waals surface area contributed by atoms with Gasteiger partial charge in [-0.1, -0.05) is 83.0 Å². The molecule has 0 amide bonds. The van der Waals surface area contributed by atoms with E-state index < -0.39 is 9.85 Å². The van der Waals surface area contributed by atoms with Gasteiger partial charge in [0.05, 0.1) is 19.9 Å². The second-order valence-corrected chi connectivity index (χ2v) is 8.74. The molecule has 4 aromatic carbocycles. The van der Waals surface area contributed by atoms with Crippen LogP contribution >= 0.6 is 39.1 Å². The van der Waals surface area contributed by atoms with Crippen molar-refractivity contribution in [2.75, 3.05) is 0 Å². The Balaban J connectivity index is 0.000000324. The predicted molar refractivity (Wildman–Crippen MR) is 154 cm³/mol. The molecule has 1 N–H and O–H groups in total. The zero-order valence-electron chi connectivity index (χ0n) is 19.8. The number of phenolic OH excluding ortho intramolecular Hbond substituents is 1. The fourth-order valence-corrected chi connectivity index (χ4v) is 3.57. The molecule has 0 aromatic heterocycles. The van der Waals surface area contributed by atoms with Crippen LogP contribution in [0.15, 0.2) is 84.9 Å². The molecular weight excluding hydrogens is 637 g/mol. The van der Waals surface area contributed by atoms with Crippen LogP contribution in [0.25, 0.3) is 0 Å². The Morgan fingerprint density at radius 2 is 1.25 bits per heavy atom. The molecule has 0 aliphatic carbocycles. The largest absolute Gasteiger partial charge is 0.506 e. The number of nitro benzene ring substituents is 2. The number of phenols is 1. The third-order valence-corrected chi connectivity index (χ3v) is 5.91. The third kappa shape index (κ3) is 10.8. The molecule has 0 saturated carbocycles. The van der Waals surface area contributed by atoms with Gasteiger partial charge in [0.15, 0.2) is 0 Å². The molecule has 0 fully saturated rings. The Labute approximate surface area is 247 Å². The highest BCUT2D eigenvalue weighted by Crippen LogP contribution is 2.29. The minimum atomic E-state index is -0.578. The smallest absolute Gasteiger partial charge is 0.271 e. The summed E-state index contributed by atoms with van der Waals surface area (Å²) in [7, 11) is 0. The molecule has 0 saturated heterocycles. The van der Waals surface area contributed by atoms with Gasteiger partial charge in [0.2, 0.25) is 0 Å². The highest BCUT2D eigenvalue weighted by Gasteiger charge is 2.11. The van der Waals surface area contributed by atoms with E-state index in [1.807, 2.05) is 6.07 Å². The van der Waals surface area contributed by atoms with Gasteiger partial charge in [0.25, 0.3) is 11.4 Å². The number of rotatable bonds is 6. The average molecular weight is 660 g/mol. The van der Waals surface area contributed by atoms with Crippen molar-refractivity contribution in [2.45, 2.75) is 19.4 Å². The maximum atomic E-state index is 13.4. The van der Waals surface area contributed by atoms with Gasteiger partial charge in [-0.3, -0.25) is 20.2 Å². The van der Waals surface area contributed by atoms with Gasteiger partial charge in [-0.05, 0) is 29.8 Å². The van der Waals surface area contributed by atoms with Crippen LogP contribution < -0.4 is 4.74 Å². The normalized spacial score (nSPS) is 9.62. The SMILES string of the molecule is C.Fc1ccccc1CBr.O=[N+]([O-])c1ccc(O)c(Cl)c1.O=[N+]([O-])c1ccc(OCc2ccccc2F)c(Cl)c1. The number of hydrogen-bond acceptors (Lipinski definition) is 6. The van der Waals surface area contributed by atoms with E-state index in [1.165, 1.54) is 42.5 Å². The number of alkyl halides is 1. The average Bonchev–Trinajstić information content (AvgIpc) is 2.91. The van der Waals surface area contributed by atoms with Gasteiger partial charge in [-0.25, -0.2) is 8.78 Å². The summed E-state index contributed by atoms with van der Waals surface area (Å²) in [4.78, 5) is 19.5. The lowest BCUT2D eigenvalue weighted by Gasteiger charge is -2.08. The Bertz CT molecular complexity index is 1450. The lowest BCUT2D eigenvalue weighted by atomic mass is 10.2. The summed E-state index contributed by atoms with van der Waals surface area (Å²) in [5.41, 5.74) is 0.838. The maximum absolute atomic E-state index is 13.4. The molecule has 0 aliphatic rings. The number of nitro groups is 2. The first-order valence-corrected chi connectivity index (χ1v) is 12.6. The van der Waals surface area contributed by atoms with Crippen molar-refractivity contribution in [1.29, 1.82) is 0 Å². The van der Waals surface area contributed by atoms with E-state index in [2.05, 4.69) is 15.9 Å². The van der Waals surface area contributed by atoms with Gasteiger partial charge in [-0.2, -0.15) is 0 Å². The summed E-state index contributed by atoms with van der Waals surface area (Å²) in [6.07, 6.45) is 0. The predicted octanol–water partition coefficient (Wildman–Crippen LogP) is 9.28. The quantitative estimate of drug-likeness (QED) is 0.125. The van der Waals surface area contributed by atoms with E-state index in [4.69, 9.17) is 33.0 Å². The first kappa shape index (κ1) is 34.2. The summed E-state index contributed by atoms with van der Waals surface area (Å²) in [5, 5.41) is 30.2. The molecule has 13 heteroatoms. The highest BCUT2D eigenvalue weighted by atomic mass is 79.9. The minimum absolute atomic E-state index is 0. The Morgan fingerprint density at radius 3 is 1.68 bits per heavy atom. The molecule has 0 bridgehead atoms. The first-order chi connectivity index (χ1) is 18.5. The van der Waals surface area contributed by atoms with Gasteiger partial charge in [0.1, 0.15) is 29.7 Å². The van der Waals surface area contributed by atoms with Crippen molar-refractivity contribution in [1.82, 2.24) is 0 Å². The number of benzene rings is 4. The van der Waals surface area contributed by atoms with Crippen LogP contribution in [0.5, 0.6) is 11.5 Å². The summed E-state index contributed by atoms with van der Waals surface area (Å²) < 4.78 is 31.3. The Hall–Kier alpha value is -3.80. The molecule has 212 valence electrons. The van der Waals surface area contributed by atoms with E-state index in [1.54, 1.807) is 30.3 Å². The first-order valence-electron chi connectivity index (χ1n) is 10.8. The number of nitrogens with zero attached hydrogens (tertiary/aromatic N) is 2. The Kier molecular flexibility index (Phi) is 14.6. The van der Waals surface area contributed by atoms with E-state index >= 15 is 0 Å². The fourth-order valence-electron chi connectivity index (χ4n) is 2.71. The standard InChI is InChI=1S/C13H9ClFNO3.C7H6BrF.C6H4ClNO3.CH4/c14-11-7-10(16(17)18)5-6-13(11)19-8-9-3-1-2-4-12(9)15;8-5-6-3-1-2-4-7(6)9;7-5-3-4(8(10)11)1-2-6(5)9;/h1-7H,8H2;1-4H,5H2;1-3,9H;1H4. The monoisotopic (exact) mass is 658 g/mol. The van der Waals surface area contributed by atoms with Crippen LogP contribution in [0.3, 0.4) is 0 Å². The lowest BCUT2D eigenvalue weighted by Crippen LogP contribution is -1.99. The van der Waals surface area contributed by atoms with E-state index in [0.29, 0.717) is 16.5 Å². The summed E-state index contributed by atoms with van der Waals surface area (Å²) in [5.74, 6) is -0.400. The van der Waals surface area contributed by atoms with Gasteiger partial charge >= 0.3 is 0 Å². The molecule has 0 radical (unpaired) electrons. The molecule has 0 aliphatic heterocycles. The van der Waals surface area contributed by atoms with E-state index in [-0.39, 0.29) is 58.6 Å². The second-order valence-electron chi connectivity index (χ2n) is 7.37. The number of ether oxygens (including phenoxy) is 1. The number of aromatic hydroxyl groups is 1. The van der Waals surface area contributed by atoms with Crippen LogP contribution in [-0.4, -0.2) is 15.0 Å². The molecule has 0 heterocycles. The summed E-state index contributed by atoms with van der Waals surface area (Å²) in [6, 6.07) is 20.2. The van der Waals surface area contributed by atoms with Crippen molar-refractivity contribution in [3.63, 3.8) is 0 Å².